The van der Waals surface area contributed by atoms with Gasteiger partial charge in [0.15, 0.2) is 0 Å². The van der Waals surface area contributed by atoms with Gasteiger partial charge in [-0.05, 0) is 44.7 Å². The molecule has 0 radical (unpaired) electrons. The molecule has 0 saturated heterocycles. The third-order valence-electron chi connectivity index (χ3n) is 3.98. The van der Waals surface area contributed by atoms with Crippen molar-refractivity contribution in [2.45, 2.75) is 26.8 Å². The van der Waals surface area contributed by atoms with Gasteiger partial charge in [-0.25, -0.2) is 4.68 Å². The molecule has 0 atom stereocenters. The minimum Gasteiger partial charge on any atom is -0.497 e. The number of likely N-dealkylation sites (N-methyl/N-ethyl adjacent to an activating group) is 1. The highest BCUT2D eigenvalue weighted by molar-refractivity contribution is 5.94. The molecule has 1 aromatic carbocycles. The van der Waals surface area contributed by atoms with Gasteiger partial charge in [0, 0.05) is 17.8 Å². The molecule has 1 heterocycles. The minimum absolute atomic E-state index is 0.121. The van der Waals surface area contributed by atoms with Crippen LogP contribution in [-0.4, -0.2) is 53.2 Å². The molecule has 27 heavy (non-hydrogen) atoms. The lowest BCUT2D eigenvalue weighted by Crippen LogP contribution is -2.39. The van der Waals surface area contributed by atoms with Crippen LogP contribution in [0.5, 0.6) is 5.75 Å². The fourth-order valence-corrected chi connectivity index (χ4v) is 2.57. The van der Waals surface area contributed by atoms with E-state index in [2.05, 4.69) is 15.7 Å². The summed E-state index contributed by atoms with van der Waals surface area (Å²) in [5.74, 6) is 1.01. The van der Waals surface area contributed by atoms with Crippen molar-refractivity contribution in [3.8, 4) is 5.75 Å². The van der Waals surface area contributed by atoms with Crippen LogP contribution in [0.15, 0.2) is 36.5 Å². The molecule has 0 aliphatic carbocycles. The molecule has 0 spiro atoms. The smallest absolute Gasteiger partial charge is 0.239 e. The van der Waals surface area contributed by atoms with E-state index >= 15 is 0 Å². The van der Waals surface area contributed by atoms with Crippen molar-refractivity contribution in [3.05, 3.63) is 36.5 Å². The van der Waals surface area contributed by atoms with Crippen LogP contribution in [0.4, 0.5) is 11.5 Å². The van der Waals surface area contributed by atoms with Crippen molar-refractivity contribution in [3.63, 3.8) is 0 Å². The summed E-state index contributed by atoms with van der Waals surface area (Å²) in [6.07, 6.45) is 1.65. The average Bonchev–Trinajstić information content (AvgIpc) is 3.10. The highest BCUT2D eigenvalue weighted by atomic mass is 16.5. The van der Waals surface area contributed by atoms with Gasteiger partial charge in [0.2, 0.25) is 11.8 Å². The van der Waals surface area contributed by atoms with Gasteiger partial charge in [-0.2, -0.15) is 5.10 Å². The average molecular weight is 373 g/mol. The van der Waals surface area contributed by atoms with Crippen LogP contribution in [0, 0.1) is 0 Å². The van der Waals surface area contributed by atoms with Gasteiger partial charge >= 0.3 is 0 Å². The van der Waals surface area contributed by atoms with E-state index in [4.69, 9.17) is 4.74 Å². The molecule has 2 aromatic rings. The van der Waals surface area contributed by atoms with E-state index in [1.807, 2.05) is 20.8 Å². The summed E-state index contributed by atoms with van der Waals surface area (Å²) in [7, 11) is 1.59. The third-order valence-corrected chi connectivity index (χ3v) is 3.98. The molecule has 2 N–H and O–H groups in total. The van der Waals surface area contributed by atoms with Crippen molar-refractivity contribution in [1.82, 2.24) is 14.7 Å². The predicted molar refractivity (Wildman–Crippen MR) is 105 cm³/mol. The number of carbonyl (C=O) groups excluding carboxylic acids is 2. The Morgan fingerprint density at radius 1 is 1.11 bits per heavy atom. The van der Waals surface area contributed by atoms with Crippen LogP contribution < -0.4 is 15.4 Å². The Hall–Kier alpha value is -2.87. The van der Waals surface area contributed by atoms with E-state index in [1.165, 1.54) is 0 Å². The van der Waals surface area contributed by atoms with Crippen molar-refractivity contribution in [1.29, 1.82) is 0 Å². The maximum Gasteiger partial charge on any atom is 0.239 e. The lowest BCUT2D eigenvalue weighted by molar-refractivity contribution is -0.119. The van der Waals surface area contributed by atoms with Crippen LogP contribution in [-0.2, 0) is 9.59 Å². The SMILES string of the molecule is CCN(CC(=O)Nc1ccc(OC)cc1)CC(=O)Nc1ccnn1C(C)C. The van der Waals surface area contributed by atoms with E-state index in [-0.39, 0.29) is 30.9 Å². The monoisotopic (exact) mass is 373 g/mol. The normalized spacial score (nSPS) is 10.9. The molecule has 1 aromatic heterocycles. The molecule has 8 nitrogen and oxygen atoms in total. The van der Waals surface area contributed by atoms with Crippen LogP contribution in [0.1, 0.15) is 26.8 Å². The summed E-state index contributed by atoms with van der Waals surface area (Å²) in [4.78, 5) is 26.3. The summed E-state index contributed by atoms with van der Waals surface area (Å²) >= 11 is 0. The number of hydrogen-bond acceptors (Lipinski definition) is 5. The Morgan fingerprint density at radius 2 is 1.74 bits per heavy atom. The van der Waals surface area contributed by atoms with E-state index in [9.17, 15) is 9.59 Å². The third kappa shape index (κ3) is 6.10. The first-order valence-corrected chi connectivity index (χ1v) is 8.92. The number of carbonyl (C=O) groups is 2. The van der Waals surface area contributed by atoms with Gasteiger partial charge in [-0.1, -0.05) is 6.92 Å². The highest BCUT2D eigenvalue weighted by Gasteiger charge is 2.15. The van der Waals surface area contributed by atoms with E-state index in [0.717, 1.165) is 5.75 Å². The Bertz CT molecular complexity index is 755. The number of aromatic nitrogens is 2. The summed E-state index contributed by atoms with van der Waals surface area (Å²) < 4.78 is 6.83. The number of methoxy groups -OCH3 is 1. The van der Waals surface area contributed by atoms with Gasteiger partial charge < -0.3 is 15.4 Å². The van der Waals surface area contributed by atoms with Crippen molar-refractivity contribution in [2.24, 2.45) is 0 Å². The topological polar surface area (TPSA) is 88.5 Å². The lowest BCUT2D eigenvalue weighted by atomic mass is 10.3. The Balaban J connectivity index is 1.87. The first-order valence-electron chi connectivity index (χ1n) is 8.92. The number of rotatable bonds is 9. The second kappa shape index (κ2) is 9.72. The molecule has 146 valence electrons. The van der Waals surface area contributed by atoms with Crippen LogP contribution >= 0.6 is 0 Å². The lowest BCUT2D eigenvalue weighted by Gasteiger charge is -2.20. The van der Waals surface area contributed by atoms with Crippen LogP contribution in [0.2, 0.25) is 0 Å². The summed E-state index contributed by atoms with van der Waals surface area (Å²) in [5.41, 5.74) is 0.683. The van der Waals surface area contributed by atoms with Crippen molar-refractivity contribution in [2.75, 3.05) is 37.4 Å². The van der Waals surface area contributed by atoms with Gasteiger partial charge in [0.05, 0.1) is 26.4 Å². The van der Waals surface area contributed by atoms with Crippen molar-refractivity contribution < 1.29 is 14.3 Å². The number of benzene rings is 1. The first-order chi connectivity index (χ1) is 12.9. The number of nitrogens with one attached hydrogen (secondary N) is 2. The quantitative estimate of drug-likeness (QED) is 0.704. The van der Waals surface area contributed by atoms with Gasteiger partial charge in [-0.15, -0.1) is 0 Å². The number of hydrogen-bond donors (Lipinski definition) is 2. The van der Waals surface area contributed by atoms with Crippen LogP contribution in [0.3, 0.4) is 0 Å². The largest absolute Gasteiger partial charge is 0.497 e. The molecule has 0 saturated carbocycles. The van der Waals surface area contributed by atoms with Gasteiger partial charge in [-0.3, -0.25) is 14.5 Å². The van der Waals surface area contributed by atoms with Crippen LogP contribution in [0.25, 0.3) is 0 Å². The summed E-state index contributed by atoms with van der Waals surface area (Å²) in [5, 5.41) is 9.86. The standard InChI is InChI=1S/C19H27N5O3/c1-5-23(12-18(25)21-15-6-8-16(27-4)9-7-15)13-19(26)22-17-10-11-20-24(17)14(2)3/h6-11,14H,5,12-13H2,1-4H3,(H,21,25)(H,22,26). The van der Waals surface area contributed by atoms with Gasteiger partial charge in [0.1, 0.15) is 11.6 Å². The van der Waals surface area contributed by atoms with E-state index in [0.29, 0.717) is 18.1 Å². The molecule has 0 fully saturated rings. The Kier molecular flexibility index (Phi) is 7.36. The highest BCUT2D eigenvalue weighted by Crippen LogP contribution is 2.15. The predicted octanol–water partition coefficient (Wildman–Crippen LogP) is 2.37. The molecule has 0 unspecified atom stereocenters. The molecular weight excluding hydrogens is 346 g/mol. The molecule has 2 rings (SSSR count). The molecule has 0 bridgehead atoms. The fraction of sp³-hybridized carbons (Fsp3) is 0.421. The summed E-state index contributed by atoms with van der Waals surface area (Å²) in [6, 6.07) is 8.99. The second-order valence-electron chi connectivity index (χ2n) is 6.38. The number of amides is 2. The Labute approximate surface area is 159 Å². The van der Waals surface area contributed by atoms with Crippen molar-refractivity contribution >= 4 is 23.3 Å². The maximum absolute atomic E-state index is 12.3. The number of ether oxygens (including phenoxy) is 1. The zero-order chi connectivity index (χ0) is 19.8. The molecule has 8 heteroatoms. The zero-order valence-corrected chi connectivity index (χ0v) is 16.2. The fourth-order valence-electron chi connectivity index (χ4n) is 2.57. The second-order valence-corrected chi connectivity index (χ2v) is 6.38. The van der Waals surface area contributed by atoms with E-state index in [1.54, 1.807) is 53.2 Å². The molecule has 2 amide bonds. The first kappa shape index (κ1) is 20.4. The number of nitrogens with zero attached hydrogens (tertiary/aromatic N) is 3. The van der Waals surface area contributed by atoms with E-state index < -0.39 is 0 Å². The zero-order valence-electron chi connectivity index (χ0n) is 16.2. The molecular formula is C19H27N5O3. The Morgan fingerprint density at radius 3 is 2.30 bits per heavy atom. The maximum atomic E-state index is 12.3. The van der Waals surface area contributed by atoms with Gasteiger partial charge in [0.25, 0.3) is 0 Å². The minimum atomic E-state index is -0.184. The summed E-state index contributed by atoms with van der Waals surface area (Å²) in [6.45, 7) is 6.71. The molecule has 0 aliphatic rings. The number of anilines is 2. The molecule has 0 aliphatic heterocycles.